The molecule has 0 amide bonds. The van der Waals surface area contributed by atoms with Crippen LogP contribution in [0.25, 0.3) is 0 Å². The number of unbranched alkanes of at least 4 members (excludes halogenated alkanes) is 26. The number of hydrogen-bond acceptors (Lipinski definition) is 5. The van der Waals surface area contributed by atoms with E-state index in [1.165, 1.54) is 167 Å². The van der Waals surface area contributed by atoms with Gasteiger partial charge in [0.2, 0.25) is 0 Å². The van der Waals surface area contributed by atoms with E-state index in [9.17, 15) is 9.46 Å². The summed E-state index contributed by atoms with van der Waals surface area (Å²) in [6, 6.07) is 0. The lowest BCUT2D eigenvalue weighted by Gasteiger charge is -2.28. The van der Waals surface area contributed by atoms with Crippen molar-refractivity contribution in [3.63, 3.8) is 0 Å². The van der Waals surface area contributed by atoms with Gasteiger partial charge in [-0.05, 0) is 19.3 Å². The number of nitrogens with zero attached hydrogens (tertiary/aromatic N) is 1. The molecule has 0 radical (unpaired) electrons. The first kappa shape index (κ1) is 48.0. The molecule has 8 heteroatoms. The summed E-state index contributed by atoms with van der Waals surface area (Å²) in [6.07, 6.45) is 40.2. The Balaban J connectivity index is 2.32. The van der Waals surface area contributed by atoms with E-state index in [1.54, 1.807) is 0 Å². The van der Waals surface area contributed by atoms with Crippen molar-refractivity contribution in [2.45, 2.75) is 225 Å². The van der Waals surface area contributed by atoms with Gasteiger partial charge in [-0.3, -0.25) is 9.05 Å². The molecule has 1 N–H and O–H groups in total. The average Bonchev–Trinajstić information content (AvgIpc) is 3.47. The first-order chi connectivity index (χ1) is 24.1. The lowest BCUT2D eigenvalue weighted by Crippen LogP contribution is -2.37. The highest BCUT2D eigenvalue weighted by Crippen LogP contribution is 2.44. The molecule has 1 rings (SSSR count). The van der Waals surface area contributed by atoms with Crippen LogP contribution in [-0.2, 0) is 23.1 Å². The van der Waals surface area contributed by atoms with Crippen LogP contribution in [0.3, 0.4) is 0 Å². The van der Waals surface area contributed by atoms with E-state index in [1.807, 2.05) is 21.1 Å². The zero-order valence-electron chi connectivity index (χ0n) is 34.2. The van der Waals surface area contributed by atoms with Gasteiger partial charge in [0.15, 0.2) is 5.79 Å². The minimum Gasteiger partial charge on any atom is -0.347 e. The first-order valence-electron chi connectivity index (χ1n) is 21.9. The maximum Gasteiger partial charge on any atom is 0.472 e. The minimum absolute atomic E-state index is 0.112. The molecule has 50 heavy (non-hydrogen) atoms. The summed E-state index contributed by atoms with van der Waals surface area (Å²) in [5.41, 5.74) is 0. The summed E-state index contributed by atoms with van der Waals surface area (Å²) in [5, 5.41) is 0. The highest BCUT2D eigenvalue weighted by Gasteiger charge is 2.40. The molecule has 1 fully saturated rings. The third-order valence-electron chi connectivity index (χ3n) is 10.4. The van der Waals surface area contributed by atoms with Gasteiger partial charge in [0.05, 0.1) is 40.5 Å². The van der Waals surface area contributed by atoms with Crippen LogP contribution >= 0.6 is 7.82 Å². The van der Waals surface area contributed by atoms with E-state index in [0.29, 0.717) is 24.1 Å². The quantitative estimate of drug-likeness (QED) is 0.0387. The Labute approximate surface area is 311 Å². The Kier molecular flexibility index (Phi) is 30.1. The normalized spacial score (nSPS) is 17.4. The maximum absolute atomic E-state index is 12.4. The highest BCUT2D eigenvalue weighted by molar-refractivity contribution is 7.47. The SMILES string of the molecule is CCCCCCCCCCCCCCCCC1(CCCCCCCCCCCCCCCC)OCC(CCOP(=O)(O)OCC[N+](C)(C)C)O1. The van der Waals surface area contributed by atoms with E-state index < -0.39 is 13.6 Å². The van der Waals surface area contributed by atoms with Crippen molar-refractivity contribution in [2.24, 2.45) is 0 Å². The van der Waals surface area contributed by atoms with Crippen molar-refractivity contribution >= 4 is 7.82 Å². The molecule has 1 aliphatic rings. The fourth-order valence-corrected chi connectivity index (χ4v) is 7.81. The largest absolute Gasteiger partial charge is 0.472 e. The standard InChI is InChI=1S/C42H86NO6P/c1-6-8-10-12-14-16-18-20-22-24-26-28-30-32-35-42(36-33-31-29-27-25-23-21-19-17-15-13-11-9-7-2)46-40-41(49-42)34-38-47-50(44,45)48-39-37-43(3,4)5/h41H,6-40H2,1-5H3/p+1. The molecule has 1 heterocycles. The van der Waals surface area contributed by atoms with Gasteiger partial charge < -0.3 is 18.9 Å². The molecule has 0 aromatic heterocycles. The molecule has 0 bridgehead atoms. The van der Waals surface area contributed by atoms with Gasteiger partial charge in [-0.25, -0.2) is 4.57 Å². The Morgan fingerprint density at radius 1 is 0.580 bits per heavy atom. The van der Waals surface area contributed by atoms with Gasteiger partial charge in [-0.1, -0.05) is 181 Å². The number of quaternary nitrogens is 1. The van der Waals surface area contributed by atoms with Crippen LogP contribution in [0.4, 0.5) is 0 Å². The highest BCUT2D eigenvalue weighted by atomic mass is 31.2. The summed E-state index contributed by atoms with van der Waals surface area (Å²) < 4.78 is 36.5. The van der Waals surface area contributed by atoms with Crippen LogP contribution in [0, 0.1) is 0 Å². The van der Waals surface area contributed by atoms with Gasteiger partial charge in [-0.15, -0.1) is 0 Å². The van der Waals surface area contributed by atoms with Crippen molar-refractivity contribution < 1.29 is 32.5 Å². The summed E-state index contributed by atoms with van der Waals surface area (Å²) in [7, 11) is 2.00. The van der Waals surface area contributed by atoms with Crippen molar-refractivity contribution in [3.05, 3.63) is 0 Å². The summed E-state index contributed by atoms with van der Waals surface area (Å²) in [4.78, 5) is 10.1. The second kappa shape index (κ2) is 31.4. The summed E-state index contributed by atoms with van der Waals surface area (Å²) in [6.45, 7) is 6.04. The fourth-order valence-electron chi connectivity index (χ4n) is 7.09. The lowest BCUT2D eigenvalue weighted by atomic mass is 9.98. The second-order valence-electron chi connectivity index (χ2n) is 16.6. The van der Waals surface area contributed by atoms with Crippen LogP contribution in [0.1, 0.15) is 213 Å². The maximum atomic E-state index is 12.4. The molecular formula is C42H87NO6P+. The molecule has 0 saturated carbocycles. The predicted molar refractivity (Wildman–Crippen MR) is 213 cm³/mol. The topological polar surface area (TPSA) is 74.2 Å². The molecule has 0 spiro atoms. The van der Waals surface area contributed by atoms with Crippen LogP contribution < -0.4 is 0 Å². The van der Waals surface area contributed by atoms with E-state index in [2.05, 4.69) is 13.8 Å². The Bertz CT molecular complexity index is 759. The molecule has 1 saturated heterocycles. The molecule has 7 nitrogen and oxygen atoms in total. The van der Waals surface area contributed by atoms with E-state index in [4.69, 9.17) is 18.5 Å². The molecule has 0 aromatic carbocycles. The first-order valence-corrected chi connectivity index (χ1v) is 23.3. The Morgan fingerprint density at radius 3 is 1.28 bits per heavy atom. The van der Waals surface area contributed by atoms with Crippen LogP contribution in [0.15, 0.2) is 0 Å². The van der Waals surface area contributed by atoms with Crippen LogP contribution in [0.2, 0.25) is 0 Å². The monoisotopic (exact) mass is 733 g/mol. The summed E-state index contributed by atoms with van der Waals surface area (Å²) in [5.74, 6) is -0.511. The van der Waals surface area contributed by atoms with Crippen molar-refractivity contribution in [2.75, 3.05) is 47.5 Å². The third kappa shape index (κ3) is 29.4. The summed E-state index contributed by atoms with van der Waals surface area (Å²) >= 11 is 0. The number of likely N-dealkylation sites (N-methyl/N-ethyl adjacent to an activating group) is 1. The second-order valence-corrected chi connectivity index (χ2v) is 18.0. The lowest BCUT2D eigenvalue weighted by molar-refractivity contribution is -0.870. The van der Waals surface area contributed by atoms with Crippen molar-refractivity contribution in [1.82, 2.24) is 0 Å². The molecule has 2 unspecified atom stereocenters. The molecule has 300 valence electrons. The number of ether oxygens (including phenoxy) is 2. The van der Waals surface area contributed by atoms with Crippen LogP contribution in [-0.4, -0.2) is 68.8 Å². The van der Waals surface area contributed by atoms with Gasteiger partial charge in [0, 0.05) is 12.8 Å². The zero-order valence-corrected chi connectivity index (χ0v) is 35.1. The zero-order chi connectivity index (χ0) is 36.7. The van der Waals surface area contributed by atoms with E-state index >= 15 is 0 Å². The van der Waals surface area contributed by atoms with Crippen molar-refractivity contribution in [3.8, 4) is 0 Å². The molecule has 0 aromatic rings. The third-order valence-corrected chi connectivity index (χ3v) is 11.5. The number of phosphoric ester groups is 1. The number of hydrogen-bond donors (Lipinski definition) is 1. The smallest absolute Gasteiger partial charge is 0.347 e. The van der Waals surface area contributed by atoms with Crippen molar-refractivity contribution in [1.29, 1.82) is 0 Å². The van der Waals surface area contributed by atoms with Crippen LogP contribution in [0.5, 0.6) is 0 Å². The Hall–Kier alpha value is -0.0100. The van der Waals surface area contributed by atoms with E-state index in [0.717, 1.165) is 25.7 Å². The van der Waals surface area contributed by atoms with E-state index in [-0.39, 0.29) is 19.3 Å². The number of rotatable bonds is 38. The molecule has 1 aliphatic heterocycles. The molecule has 2 atom stereocenters. The van der Waals surface area contributed by atoms with Gasteiger partial charge in [0.1, 0.15) is 13.2 Å². The van der Waals surface area contributed by atoms with Gasteiger partial charge >= 0.3 is 7.82 Å². The average molecular weight is 733 g/mol. The number of phosphoric acid groups is 1. The molecule has 0 aliphatic carbocycles. The van der Waals surface area contributed by atoms with Gasteiger partial charge in [-0.2, -0.15) is 0 Å². The molecular weight excluding hydrogens is 645 g/mol. The minimum atomic E-state index is -4.06. The van der Waals surface area contributed by atoms with Gasteiger partial charge in [0.25, 0.3) is 0 Å². The Morgan fingerprint density at radius 2 is 0.920 bits per heavy atom. The predicted octanol–water partition coefficient (Wildman–Crippen LogP) is 13.1. The fraction of sp³-hybridized carbons (Fsp3) is 1.00.